The Balaban J connectivity index is 1.77. The van der Waals surface area contributed by atoms with Crippen LogP contribution in [0.3, 0.4) is 0 Å². The van der Waals surface area contributed by atoms with Crippen LogP contribution >= 0.6 is 0 Å². The lowest BCUT2D eigenvalue weighted by Crippen LogP contribution is -2.34. The van der Waals surface area contributed by atoms with Gasteiger partial charge in [0.05, 0.1) is 0 Å². The standard InChI is InChI=1S/C19H27N3O/c1-14(2)22-10-9-21-19(22)16-11-15(12-18(23)13-16)6-7-17-5-3-4-8-20-17/h9-14,17,20,23H,3-8H2,1-2H3/t17-/m1/s1. The first kappa shape index (κ1) is 16.1. The van der Waals surface area contributed by atoms with Crippen molar-refractivity contribution in [1.82, 2.24) is 14.9 Å². The molecule has 23 heavy (non-hydrogen) atoms. The summed E-state index contributed by atoms with van der Waals surface area (Å²) in [4.78, 5) is 4.48. The molecule has 2 heterocycles. The first-order valence-corrected chi connectivity index (χ1v) is 8.73. The van der Waals surface area contributed by atoms with Gasteiger partial charge in [0.15, 0.2) is 0 Å². The smallest absolute Gasteiger partial charge is 0.140 e. The number of hydrogen-bond acceptors (Lipinski definition) is 3. The molecule has 0 aliphatic carbocycles. The van der Waals surface area contributed by atoms with Crippen LogP contribution in [0.25, 0.3) is 11.4 Å². The molecule has 1 atom stereocenters. The summed E-state index contributed by atoms with van der Waals surface area (Å²) in [6.45, 7) is 5.43. The van der Waals surface area contributed by atoms with Gasteiger partial charge in [-0.2, -0.15) is 0 Å². The molecule has 4 nitrogen and oxygen atoms in total. The highest BCUT2D eigenvalue weighted by Gasteiger charge is 2.14. The lowest BCUT2D eigenvalue weighted by molar-refractivity contribution is 0.382. The fraction of sp³-hybridized carbons (Fsp3) is 0.526. The molecule has 1 aliphatic heterocycles. The van der Waals surface area contributed by atoms with E-state index in [0.717, 1.165) is 30.8 Å². The molecule has 1 saturated heterocycles. The van der Waals surface area contributed by atoms with E-state index < -0.39 is 0 Å². The van der Waals surface area contributed by atoms with Crippen molar-refractivity contribution in [3.8, 4) is 17.1 Å². The van der Waals surface area contributed by atoms with Gasteiger partial charge in [0.25, 0.3) is 0 Å². The van der Waals surface area contributed by atoms with Crippen LogP contribution in [0.1, 0.15) is 51.1 Å². The highest BCUT2D eigenvalue weighted by Crippen LogP contribution is 2.27. The van der Waals surface area contributed by atoms with Gasteiger partial charge in [0.2, 0.25) is 0 Å². The third kappa shape index (κ3) is 3.94. The van der Waals surface area contributed by atoms with Crippen molar-refractivity contribution in [2.45, 2.75) is 58.0 Å². The number of benzene rings is 1. The van der Waals surface area contributed by atoms with Crippen molar-refractivity contribution in [3.05, 3.63) is 36.2 Å². The maximum Gasteiger partial charge on any atom is 0.140 e. The van der Waals surface area contributed by atoms with Gasteiger partial charge in [-0.25, -0.2) is 4.98 Å². The molecule has 1 aromatic heterocycles. The van der Waals surface area contributed by atoms with Crippen LogP contribution in [0.5, 0.6) is 5.75 Å². The Kier molecular flexibility index (Phi) is 5.01. The second-order valence-corrected chi connectivity index (χ2v) is 6.83. The van der Waals surface area contributed by atoms with E-state index in [1.807, 2.05) is 24.5 Å². The summed E-state index contributed by atoms with van der Waals surface area (Å²) < 4.78 is 2.14. The lowest BCUT2D eigenvalue weighted by atomic mass is 9.97. The predicted octanol–water partition coefficient (Wildman–Crippen LogP) is 3.91. The quantitative estimate of drug-likeness (QED) is 0.880. The first-order chi connectivity index (χ1) is 11.1. The number of imidazole rings is 1. The normalized spacial score (nSPS) is 18.5. The van der Waals surface area contributed by atoms with E-state index in [-0.39, 0.29) is 0 Å². The molecule has 2 aromatic rings. The third-order valence-corrected chi connectivity index (χ3v) is 4.65. The van der Waals surface area contributed by atoms with Gasteiger partial charge in [0, 0.05) is 30.0 Å². The van der Waals surface area contributed by atoms with Crippen LogP contribution in [-0.4, -0.2) is 27.2 Å². The third-order valence-electron chi connectivity index (χ3n) is 4.65. The fourth-order valence-electron chi connectivity index (χ4n) is 3.41. The maximum atomic E-state index is 10.1. The van der Waals surface area contributed by atoms with Gasteiger partial charge >= 0.3 is 0 Å². The van der Waals surface area contributed by atoms with Crippen LogP contribution in [0, 0.1) is 0 Å². The van der Waals surface area contributed by atoms with E-state index in [0.29, 0.717) is 17.8 Å². The molecule has 1 aromatic carbocycles. The molecule has 0 spiro atoms. The van der Waals surface area contributed by atoms with Gasteiger partial charge in [-0.1, -0.05) is 6.42 Å². The highest BCUT2D eigenvalue weighted by molar-refractivity contribution is 5.59. The number of nitrogens with zero attached hydrogens (tertiary/aromatic N) is 2. The van der Waals surface area contributed by atoms with Gasteiger partial charge in [-0.3, -0.25) is 0 Å². The summed E-state index contributed by atoms with van der Waals surface area (Å²) >= 11 is 0. The highest BCUT2D eigenvalue weighted by atomic mass is 16.3. The topological polar surface area (TPSA) is 50.1 Å². The first-order valence-electron chi connectivity index (χ1n) is 8.73. The summed E-state index contributed by atoms with van der Waals surface area (Å²) in [6, 6.07) is 6.83. The summed E-state index contributed by atoms with van der Waals surface area (Å²) in [6.07, 6.45) is 9.83. The zero-order valence-corrected chi connectivity index (χ0v) is 14.1. The minimum absolute atomic E-state index is 0.326. The molecule has 4 heteroatoms. The van der Waals surface area contributed by atoms with Crippen LogP contribution in [0.2, 0.25) is 0 Å². The van der Waals surface area contributed by atoms with Crippen molar-refractivity contribution in [2.24, 2.45) is 0 Å². The SMILES string of the molecule is CC(C)n1ccnc1-c1cc(O)cc(CC[C@H]2CCCCN2)c1. The van der Waals surface area contributed by atoms with Crippen molar-refractivity contribution >= 4 is 0 Å². The summed E-state index contributed by atoms with van der Waals surface area (Å²) in [5.41, 5.74) is 2.18. The number of aromatic nitrogens is 2. The molecule has 124 valence electrons. The summed E-state index contributed by atoms with van der Waals surface area (Å²) in [7, 11) is 0. The Morgan fingerprint density at radius 1 is 1.30 bits per heavy atom. The van der Waals surface area contributed by atoms with Gasteiger partial charge in [-0.05, 0) is 69.8 Å². The number of phenolic OH excluding ortho intramolecular Hbond substituents is 1. The van der Waals surface area contributed by atoms with Gasteiger partial charge in [0.1, 0.15) is 11.6 Å². The second kappa shape index (κ2) is 7.18. The van der Waals surface area contributed by atoms with Gasteiger partial charge < -0.3 is 15.0 Å². The number of rotatable bonds is 5. The van der Waals surface area contributed by atoms with Crippen molar-refractivity contribution in [3.63, 3.8) is 0 Å². The molecule has 3 rings (SSSR count). The van der Waals surface area contributed by atoms with E-state index in [2.05, 4.69) is 34.8 Å². The number of hydrogen-bond donors (Lipinski definition) is 2. The van der Waals surface area contributed by atoms with Gasteiger partial charge in [-0.15, -0.1) is 0 Å². The van der Waals surface area contributed by atoms with Crippen LogP contribution in [0.4, 0.5) is 0 Å². The zero-order valence-electron chi connectivity index (χ0n) is 14.1. The molecule has 2 N–H and O–H groups in total. The molecule has 0 saturated carbocycles. The number of aromatic hydroxyl groups is 1. The summed E-state index contributed by atoms with van der Waals surface area (Å²) in [5.74, 6) is 1.25. The Morgan fingerprint density at radius 3 is 2.91 bits per heavy atom. The zero-order chi connectivity index (χ0) is 16.2. The molecular formula is C19H27N3O. The monoisotopic (exact) mass is 313 g/mol. The Morgan fingerprint density at radius 2 is 2.17 bits per heavy atom. The van der Waals surface area contributed by atoms with E-state index >= 15 is 0 Å². The lowest BCUT2D eigenvalue weighted by Gasteiger charge is -2.23. The number of nitrogens with one attached hydrogen (secondary N) is 1. The Bertz CT molecular complexity index is 642. The predicted molar refractivity (Wildman–Crippen MR) is 93.7 cm³/mol. The minimum atomic E-state index is 0.326. The fourth-order valence-corrected chi connectivity index (χ4v) is 3.41. The van der Waals surface area contributed by atoms with Crippen LogP contribution in [-0.2, 0) is 6.42 Å². The van der Waals surface area contributed by atoms with Crippen molar-refractivity contribution in [1.29, 1.82) is 0 Å². The van der Waals surface area contributed by atoms with E-state index in [1.165, 1.54) is 24.8 Å². The molecule has 0 unspecified atom stereocenters. The Labute approximate surface area is 138 Å². The van der Waals surface area contributed by atoms with Crippen molar-refractivity contribution < 1.29 is 5.11 Å². The Hall–Kier alpha value is -1.81. The van der Waals surface area contributed by atoms with E-state index in [1.54, 1.807) is 0 Å². The van der Waals surface area contributed by atoms with Crippen LogP contribution < -0.4 is 5.32 Å². The van der Waals surface area contributed by atoms with E-state index in [4.69, 9.17) is 0 Å². The number of piperidine rings is 1. The van der Waals surface area contributed by atoms with E-state index in [9.17, 15) is 5.11 Å². The molecule has 0 amide bonds. The number of aryl methyl sites for hydroxylation is 1. The molecule has 1 aliphatic rings. The van der Waals surface area contributed by atoms with Crippen LogP contribution in [0.15, 0.2) is 30.6 Å². The molecule has 1 fully saturated rings. The van der Waals surface area contributed by atoms with Crippen molar-refractivity contribution in [2.75, 3.05) is 6.54 Å². The average molecular weight is 313 g/mol. The molecule has 0 radical (unpaired) electrons. The average Bonchev–Trinajstić information content (AvgIpc) is 3.03. The summed E-state index contributed by atoms with van der Waals surface area (Å²) in [5, 5.41) is 13.7. The molecule has 0 bridgehead atoms. The second-order valence-electron chi connectivity index (χ2n) is 6.83. The molecular weight excluding hydrogens is 286 g/mol. The number of phenols is 1. The maximum absolute atomic E-state index is 10.1. The largest absolute Gasteiger partial charge is 0.508 e. The minimum Gasteiger partial charge on any atom is -0.508 e.